The fourth-order valence-electron chi connectivity index (χ4n) is 0.870. The van der Waals surface area contributed by atoms with Crippen LogP contribution in [0.3, 0.4) is 0 Å². The van der Waals surface area contributed by atoms with Crippen molar-refractivity contribution in [1.29, 1.82) is 0 Å². The van der Waals surface area contributed by atoms with E-state index in [9.17, 15) is 4.79 Å². The van der Waals surface area contributed by atoms with Crippen LogP contribution in [-0.2, 0) is 6.42 Å². The van der Waals surface area contributed by atoms with Gasteiger partial charge in [-0.3, -0.25) is 9.78 Å². The summed E-state index contributed by atoms with van der Waals surface area (Å²) in [5, 5.41) is 0. The zero-order chi connectivity index (χ0) is 8.10. The number of hydrogen-bond donors (Lipinski definition) is 0. The minimum absolute atomic E-state index is 0.494. The molecule has 1 aromatic heterocycles. The van der Waals surface area contributed by atoms with Gasteiger partial charge >= 0.3 is 0 Å². The van der Waals surface area contributed by atoms with E-state index in [0.29, 0.717) is 18.0 Å². The molecule has 0 N–H and O–H groups in total. The minimum atomic E-state index is 0.494. The lowest BCUT2D eigenvalue weighted by Crippen LogP contribution is -1.96. The normalized spacial score (nSPS) is 9.55. The molecule has 2 nitrogen and oxygen atoms in total. The lowest BCUT2D eigenvalue weighted by Gasteiger charge is -1.98. The van der Waals surface area contributed by atoms with Gasteiger partial charge in [-0.15, -0.1) is 11.6 Å². The molecule has 0 aliphatic heterocycles. The Hall–Kier alpha value is -0.890. The molecule has 0 saturated carbocycles. The van der Waals surface area contributed by atoms with Gasteiger partial charge in [0, 0.05) is 12.1 Å². The number of halogens is 1. The molecule has 1 rings (SSSR count). The molecule has 0 aliphatic carbocycles. The molecule has 0 atom stereocenters. The van der Waals surface area contributed by atoms with Crippen LogP contribution in [0.25, 0.3) is 0 Å². The Kier molecular flexibility index (Phi) is 3.05. The van der Waals surface area contributed by atoms with E-state index in [2.05, 4.69) is 4.98 Å². The number of alkyl halides is 1. The van der Waals surface area contributed by atoms with Crippen molar-refractivity contribution in [2.45, 2.75) is 6.42 Å². The van der Waals surface area contributed by atoms with Crippen molar-refractivity contribution in [3.05, 3.63) is 29.6 Å². The Balaban J connectivity index is 2.92. The zero-order valence-electron chi connectivity index (χ0n) is 5.96. The van der Waals surface area contributed by atoms with E-state index in [1.807, 2.05) is 6.07 Å². The van der Waals surface area contributed by atoms with E-state index in [0.717, 1.165) is 11.8 Å². The van der Waals surface area contributed by atoms with Gasteiger partial charge in [-0.25, -0.2) is 0 Å². The number of carbonyl (C=O) groups is 1. The van der Waals surface area contributed by atoms with Crippen molar-refractivity contribution in [3.63, 3.8) is 0 Å². The monoisotopic (exact) mass is 169 g/mol. The smallest absolute Gasteiger partial charge is 0.168 e. The highest BCUT2D eigenvalue weighted by Gasteiger charge is 1.99. The average molecular weight is 170 g/mol. The molecule has 0 radical (unpaired) electrons. The summed E-state index contributed by atoms with van der Waals surface area (Å²) in [6.07, 6.45) is 3.05. The first-order chi connectivity index (χ1) is 5.38. The molecule has 0 fully saturated rings. The predicted octanol–water partition coefficient (Wildman–Crippen LogP) is 1.68. The van der Waals surface area contributed by atoms with Gasteiger partial charge in [-0.1, -0.05) is 6.07 Å². The lowest BCUT2D eigenvalue weighted by molar-refractivity contribution is 0.111. The molecule has 0 unspecified atom stereocenters. The zero-order valence-corrected chi connectivity index (χ0v) is 6.71. The molecule has 1 aromatic rings. The fraction of sp³-hybridized carbons (Fsp3) is 0.250. The second-order valence-corrected chi connectivity index (χ2v) is 2.48. The summed E-state index contributed by atoms with van der Waals surface area (Å²) < 4.78 is 0. The summed E-state index contributed by atoms with van der Waals surface area (Å²) in [4.78, 5) is 14.3. The first-order valence-corrected chi connectivity index (χ1v) is 3.87. The Morgan fingerprint density at radius 3 is 3.09 bits per heavy atom. The van der Waals surface area contributed by atoms with Crippen molar-refractivity contribution < 1.29 is 4.79 Å². The third kappa shape index (κ3) is 2.02. The van der Waals surface area contributed by atoms with Crippen LogP contribution >= 0.6 is 11.6 Å². The van der Waals surface area contributed by atoms with Gasteiger partial charge in [0.05, 0.1) is 0 Å². The van der Waals surface area contributed by atoms with Crippen LogP contribution in [0.5, 0.6) is 0 Å². The highest BCUT2D eigenvalue weighted by Crippen LogP contribution is 2.03. The molecule has 0 saturated heterocycles. The average Bonchev–Trinajstić information content (AvgIpc) is 2.06. The molecule has 0 aliphatic rings. The van der Waals surface area contributed by atoms with Crippen molar-refractivity contribution in [3.8, 4) is 0 Å². The van der Waals surface area contributed by atoms with E-state index in [1.54, 1.807) is 12.3 Å². The van der Waals surface area contributed by atoms with Crippen molar-refractivity contribution in [2.75, 3.05) is 5.88 Å². The third-order valence-corrected chi connectivity index (χ3v) is 1.59. The highest BCUT2D eigenvalue weighted by atomic mass is 35.5. The second-order valence-electron chi connectivity index (χ2n) is 2.10. The van der Waals surface area contributed by atoms with Crippen molar-refractivity contribution >= 4 is 17.9 Å². The highest BCUT2D eigenvalue weighted by molar-refractivity contribution is 6.18. The second kappa shape index (κ2) is 4.09. The number of nitrogens with zero attached hydrogens (tertiary/aromatic N) is 1. The fourth-order valence-corrected chi connectivity index (χ4v) is 1.07. The predicted molar refractivity (Wildman–Crippen MR) is 44.0 cm³/mol. The van der Waals surface area contributed by atoms with Crippen LogP contribution < -0.4 is 0 Å². The minimum Gasteiger partial charge on any atom is -0.296 e. The molecule has 0 spiro atoms. The summed E-state index contributed by atoms with van der Waals surface area (Å²) in [6.45, 7) is 0. The van der Waals surface area contributed by atoms with E-state index < -0.39 is 0 Å². The number of pyridine rings is 1. The molecule has 11 heavy (non-hydrogen) atoms. The maximum atomic E-state index is 10.4. The van der Waals surface area contributed by atoms with Gasteiger partial charge in [0.2, 0.25) is 0 Å². The molecular formula is C8H8ClNO. The van der Waals surface area contributed by atoms with E-state index in [-0.39, 0.29) is 0 Å². The van der Waals surface area contributed by atoms with Crippen LogP contribution in [0.15, 0.2) is 18.3 Å². The van der Waals surface area contributed by atoms with Crippen LogP contribution in [0.2, 0.25) is 0 Å². The SMILES string of the molecule is O=Cc1ncccc1CCCl. The molecule has 3 heteroatoms. The Morgan fingerprint density at radius 1 is 1.64 bits per heavy atom. The first-order valence-electron chi connectivity index (χ1n) is 3.33. The largest absolute Gasteiger partial charge is 0.296 e. The number of carbonyl (C=O) groups excluding carboxylic acids is 1. The van der Waals surface area contributed by atoms with Crippen molar-refractivity contribution in [2.24, 2.45) is 0 Å². The van der Waals surface area contributed by atoms with Gasteiger partial charge < -0.3 is 0 Å². The van der Waals surface area contributed by atoms with Gasteiger partial charge in [0.25, 0.3) is 0 Å². The van der Waals surface area contributed by atoms with Crippen LogP contribution in [0.1, 0.15) is 16.1 Å². The maximum Gasteiger partial charge on any atom is 0.168 e. The summed E-state index contributed by atoms with van der Waals surface area (Å²) >= 11 is 5.52. The van der Waals surface area contributed by atoms with Crippen LogP contribution in [0.4, 0.5) is 0 Å². The summed E-state index contributed by atoms with van der Waals surface area (Å²) in [5.41, 5.74) is 1.41. The van der Waals surface area contributed by atoms with Gasteiger partial charge in [-0.2, -0.15) is 0 Å². The number of aromatic nitrogens is 1. The Morgan fingerprint density at radius 2 is 2.45 bits per heavy atom. The summed E-state index contributed by atoms with van der Waals surface area (Å²) in [5.74, 6) is 0.520. The molecule has 0 bridgehead atoms. The number of aryl methyl sites for hydroxylation is 1. The van der Waals surface area contributed by atoms with E-state index in [4.69, 9.17) is 11.6 Å². The number of aldehydes is 1. The van der Waals surface area contributed by atoms with Gasteiger partial charge in [0.15, 0.2) is 6.29 Å². The van der Waals surface area contributed by atoms with E-state index >= 15 is 0 Å². The topological polar surface area (TPSA) is 30.0 Å². The molecule has 58 valence electrons. The van der Waals surface area contributed by atoms with Gasteiger partial charge in [-0.05, 0) is 18.1 Å². The molecule has 0 amide bonds. The lowest BCUT2D eigenvalue weighted by atomic mass is 10.1. The maximum absolute atomic E-state index is 10.4. The summed E-state index contributed by atoms with van der Waals surface area (Å²) in [7, 11) is 0. The van der Waals surface area contributed by atoms with Crippen LogP contribution in [-0.4, -0.2) is 17.2 Å². The Labute approximate surface area is 70.2 Å². The number of hydrogen-bond acceptors (Lipinski definition) is 2. The number of rotatable bonds is 3. The third-order valence-electron chi connectivity index (χ3n) is 1.40. The quantitative estimate of drug-likeness (QED) is 0.509. The molecule has 0 aromatic carbocycles. The van der Waals surface area contributed by atoms with E-state index in [1.165, 1.54) is 0 Å². The molecular weight excluding hydrogens is 162 g/mol. The summed E-state index contributed by atoms with van der Waals surface area (Å²) in [6, 6.07) is 3.66. The van der Waals surface area contributed by atoms with Gasteiger partial charge in [0.1, 0.15) is 5.69 Å². The molecule has 1 heterocycles. The first kappa shape index (κ1) is 8.21. The van der Waals surface area contributed by atoms with Crippen LogP contribution in [0, 0.1) is 0 Å². The standard InChI is InChI=1S/C8H8ClNO/c9-4-3-7-2-1-5-10-8(7)6-11/h1-2,5-6H,3-4H2. The Bertz CT molecular complexity index is 250. The van der Waals surface area contributed by atoms with Crippen molar-refractivity contribution in [1.82, 2.24) is 4.98 Å².